The number of hydrogen-bond acceptors (Lipinski definition) is 11. The molecule has 1 saturated heterocycles. The van der Waals surface area contributed by atoms with Crippen molar-refractivity contribution in [3.8, 4) is 5.75 Å². The van der Waals surface area contributed by atoms with Gasteiger partial charge in [0.2, 0.25) is 6.29 Å². The quantitative estimate of drug-likeness (QED) is 0.273. The van der Waals surface area contributed by atoms with E-state index in [1.165, 1.54) is 24.3 Å². The highest BCUT2D eigenvalue weighted by atomic mass is 16.8. The van der Waals surface area contributed by atoms with Crippen LogP contribution in [0.15, 0.2) is 36.1 Å². The highest BCUT2D eigenvalue weighted by Gasteiger charge is 2.54. The average molecular weight is 496 g/mol. The molecule has 2 fully saturated rings. The number of aliphatic hydroxyl groups excluding tert-OH is 4. The third-order valence-corrected chi connectivity index (χ3v) is 6.89. The van der Waals surface area contributed by atoms with Gasteiger partial charge in [0.1, 0.15) is 36.3 Å². The highest BCUT2D eigenvalue weighted by Crippen LogP contribution is 2.48. The maximum atomic E-state index is 12.6. The number of aliphatic carboxylic acids is 1. The molecule has 0 radical (unpaired) electrons. The molecule has 0 aromatic heterocycles. The first kappa shape index (κ1) is 25.4. The van der Waals surface area contributed by atoms with Crippen LogP contribution in [-0.4, -0.2) is 92.3 Å². The van der Waals surface area contributed by atoms with Crippen molar-refractivity contribution in [2.45, 2.75) is 56.4 Å². The zero-order chi connectivity index (χ0) is 25.4. The van der Waals surface area contributed by atoms with E-state index in [-0.39, 0.29) is 23.3 Å². The third kappa shape index (κ3) is 4.85. The lowest BCUT2D eigenvalue weighted by atomic mass is 9.83. The average Bonchev–Trinajstić information content (AvgIpc) is 3.15. The molecule has 3 aliphatic rings. The number of aliphatic hydroxyl groups is 4. The van der Waals surface area contributed by atoms with Gasteiger partial charge in [0.05, 0.1) is 24.0 Å². The van der Waals surface area contributed by atoms with Gasteiger partial charge in [-0.1, -0.05) is 13.0 Å². The molecule has 4 rings (SSSR count). The monoisotopic (exact) mass is 496 g/mol. The van der Waals surface area contributed by atoms with E-state index in [1.54, 1.807) is 6.92 Å². The van der Waals surface area contributed by atoms with Crippen LogP contribution in [-0.2, 0) is 23.7 Å². The molecule has 2 aliphatic heterocycles. The van der Waals surface area contributed by atoms with E-state index in [1.807, 2.05) is 0 Å². The van der Waals surface area contributed by atoms with Gasteiger partial charge >= 0.3 is 11.9 Å². The lowest BCUT2D eigenvalue weighted by molar-refractivity contribution is -0.342. The molecular weight excluding hydrogens is 468 g/mol. The van der Waals surface area contributed by atoms with Crippen LogP contribution in [0.1, 0.15) is 23.7 Å². The number of carboxylic acid groups (broad SMARTS) is 1. The second-order valence-electron chi connectivity index (χ2n) is 8.99. The summed E-state index contributed by atoms with van der Waals surface area (Å²) in [5, 5.41) is 59.0. The number of phenolic OH excluding ortho intramolecular Hbond substituents is 1. The Kier molecular flexibility index (Phi) is 7.31. The fraction of sp³-hybridized carbons (Fsp3) is 0.565. The molecule has 0 spiro atoms. The minimum Gasteiger partial charge on any atom is -0.508 e. The van der Waals surface area contributed by atoms with E-state index < -0.39 is 79.4 Å². The Labute approximate surface area is 199 Å². The van der Waals surface area contributed by atoms with E-state index >= 15 is 0 Å². The van der Waals surface area contributed by atoms with Crippen molar-refractivity contribution < 1.29 is 59.2 Å². The van der Waals surface area contributed by atoms with E-state index in [4.69, 9.17) is 18.9 Å². The molecule has 1 aromatic rings. The predicted molar refractivity (Wildman–Crippen MR) is 114 cm³/mol. The summed E-state index contributed by atoms with van der Waals surface area (Å²) >= 11 is 0. The SMILES string of the molecule is C[C@H]1C(OC(=O)c2cccc(O)c2)C[C@@H]2C(C(=O)O)=CO[C@@H](O[C@@H]3O[C@H](CO)[C@@H](O)[C@H](O)[C@H]3O)[C@@H]21. The predicted octanol–water partition coefficient (Wildman–Crippen LogP) is -0.669. The standard InChI is InChI=1S/C23H28O12/c1-9-14(33-21(31)10-3-2-4-11(25)5-10)6-12-13(20(29)30)8-32-22(16(9)12)35-23-19(28)18(27)17(26)15(7-24)34-23/h2-5,8-9,12,14-19,22-28H,6-7H2,1H3,(H,29,30)/t9-,12+,14?,15+,16+,17+,18-,19+,22-,23-/m0/s1. The van der Waals surface area contributed by atoms with E-state index in [0.717, 1.165) is 6.26 Å². The number of carboxylic acids is 1. The number of fused-ring (bicyclic) bond motifs is 1. The van der Waals surface area contributed by atoms with Gasteiger partial charge < -0.3 is 49.6 Å². The molecule has 1 unspecified atom stereocenters. The Balaban J connectivity index is 1.54. The van der Waals surface area contributed by atoms with E-state index in [2.05, 4.69) is 0 Å². The lowest BCUT2D eigenvalue weighted by Gasteiger charge is -2.43. The van der Waals surface area contributed by atoms with Crippen LogP contribution >= 0.6 is 0 Å². The first-order chi connectivity index (χ1) is 16.6. The van der Waals surface area contributed by atoms with Crippen LogP contribution in [0.25, 0.3) is 0 Å². The van der Waals surface area contributed by atoms with Crippen molar-refractivity contribution in [2.24, 2.45) is 17.8 Å². The molecule has 35 heavy (non-hydrogen) atoms. The number of rotatable bonds is 6. The Morgan fingerprint density at radius 3 is 2.51 bits per heavy atom. The summed E-state index contributed by atoms with van der Waals surface area (Å²) in [5.74, 6) is -3.74. The smallest absolute Gasteiger partial charge is 0.338 e. The van der Waals surface area contributed by atoms with Crippen molar-refractivity contribution in [3.63, 3.8) is 0 Å². The second-order valence-corrected chi connectivity index (χ2v) is 8.99. The van der Waals surface area contributed by atoms with Crippen LogP contribution in [0.4, 0.5) is 0 Å². The molecule has 0 amide bonds. The third-order valence-electron chi connectivity index (χ3n) is 6.89. The fourth-order valence-electron chi connectivity index (χ4n) is 4.96. The van der Waals surface area contributed by atoms with Crippen molar-refractivity contribution in [3.05, 3.63) is 41.7 Å². The van der Waals surface area contributed by atoms with Crippen molar-refractivity contribution in [1.29, 1.82) is 0 Å². The fourth-order valence-corrected chi connectivity index (χ4v) is 4.96. The van der Waals surface area contributed by atoms with E-state index in [0.29, 0.717) is 0 Å². The maximum Gasteiger partial charge on any atom is 0.338 e. The van der Waals surface area contributed by atoms with Crippen molar-refractivity contribution in [2.75, 3.05) is 6.61 Å². The highest BCUT2D eigenvalue weighted by molar-refractivity contribution is 5.90. The number of ether oxygens (including phenoxy) is 4. The molecule has 1 aliphatic carbocycles. The lowest BCUT2D eigenvalue weighted by Crippen LogP contribution is -2.60. The number of hydrogen-bond donors (Lipinski definition) is 6. The van der Waals surface area contributed by atoms with Gasteiger partial charge in [0, 0.05) is 17.8 Å². The van der Waals surface area contributed by atoms with Gasteiger partial charge in [0.15, 0.2) is 6.29 Å². The van der Waals surface area contributed by atoms with Gasteiger partial charge in [-0.05, 0) is 24.6 Å². The van der Waals surface area contributed by atoms with Gasteiger partial charge in [-0.2, -0.15) is 0 Å². The van der Waals surface area contributed by atoms with Crippen LogP contribution in [0.2, 0.25) is 0 Å². The number of aromatic hydroxyl groups is 1. The summed E-state index contributed by atoms with van der Waals surface area (Å²) in [4.78, 5) is 24.5. The van der Waals surface area contributed by atoms with Gasteiger partial charge in [-0.25, -0.2) is 9.59 Å². The zero-order valence-corrected chi connectivity index (χ0v) is 18.7. The van der Waals surface area contributed by atoms with Crippen LogP contribution in [0.5, 0.6) is 5.75 Å². The maximum absolute atomic E-state index is 12.6. The van der Waals surface area contributed by atoms with E-state index in [9.17, 15) is 40.2 Å². The Hall–Kier alpha value is -2.74. The van der Waals surface area contributed by atoms with Crippen LogP contribution < -0.4 is 0 Å². The Morgan fingerprint density at radius 1 is 1.11 bits per heavy atom. The van der Waals surface area contributed by atoms with Gasteiger partial charge in [0.25, 0.3) is 0 Å². The van der Waals surface area contributed by atoms with Crippen molar-refractivity contribution in [1.82, 2.24) is 0 Å². The molecule has 0 bridgehead atoms. The summed E-state index contributed by atoms with van der Waals surface area (Å²) in [7, 11) is 0. The van der Waals surface area contributed by atoms with Gasteiger partial charge in [-0.3, -0.25) is 0 Å². The molecule has 1 aromatic carbocycles. The topological polar surface area (TPSA) is 192 Å². The first-order valence-corrected chi connectivity index (χ1v) is 11.2. The van der Waals surface area contributed by atoms with Crippen LogP contribution in [0, 0.1) is 17.8 Å². The molecule has 2 heterocycles. The number of esters is 1. The summed E-state index contributed by atoms with van der Waals surface area (Å²) in [6, 6.07) is 5.64. The Morgan fingerprint density at radius 2 is 1.86 bits per heavy atom. The minimum absolute atomic E-state index is 0.0357. The summed E-state index contributed by atoms with van der Waals surface area (Å²) in [6.45, 7) is 1.10. The molecule has 192 valence electrons. The number of carbonyl (C=O) groups is 2. The summed E-state index contributed by atoms with van der Waals surface area (Å²) in [5.41, 5.74) is 0.0952. The summed E-state index contributed by atoms with van der Waals surface area (Å²) < 4.78 is 22.3. The zero-order valence-electron chi connectivity index (χ0n) is 18.7. The largest absolute Gasteiger partial charge is 0.508 e. The normalized spacial score (nSPS) is 38.7. The first-order valence-electron chi connectivity index (χ1n) is 11.2. The van der Waals surface area contributed by atoms with Crippen LogP contribution in [0.3, 0.4) is 0 Å². The molecule has 12 nitrogen and oxygen atoms in total. The Bertz CT molecular complexity index is 977. The van der Waals surface area contributed by atoms with Gasteiger partial charge in [-0.15, -0.1) is 0 Å². The second kappa shape index (κ2) is 10.1. The molecule has 1 saturated carbocycles. The number of phenols is 1. The molecule has 6 N–H and O–H groups in total. The molecular formula is C23H28O12. The number of benzene rings is 1. The molecule has 10 atom stereocenters. The van der Waals surface area contributed by atoms with Crippen molar-refractivity contribution >= 4 is 11.9 Å². The summed E-state index contributed by atoms with van der Waals surface area (Å²) in [6.07, 6.45) is -8.26. The number of carbonyl (C=O) groups excluding carboxylic acids is 1. The minimum atomic E-state index is -1.67. The molecule has 12 heteroatoms.